The van der Waals surface area contributed by atoms with Crippen LogP contribution in [0.25, 0.3) is 0 Å². The van der Waals surface area contributed by atoms with Crippen molar-refractivity contribution in [1.29, 1.82) is 0 Å². The summed E-state index contributed by atoms with van der Waals surface area (Å²) < 4.78 is 28.1. The Hall–Kier alpha value is -1.05. The maximum absolute atomic E-state index is 12.3. The van der Waals surface area contributed by atoms with E-state index in [-0.39, 0.29) is 4.21 Å². The molecule has 1 aromatic heterocycles. The summed E-state index contributed by atoms with van der Waals surface area (Å²) in [4.78, 5) is 0. The van der Waals surface area contributed by atoms with Gasteiger partial charge >= 0.3 is 0 Å². The highest BCUT2D eigenvalue weighted by Crippen LogP contribution is 2.32. The van der Waals surface area contributed by atoms with E-state index in [1.807, 2.05) is 19.9 Å². The third-order valence-electron chi connectivity index (χ3n) is 2.55. The van der Waals surface area contributed by atoms with Crippen LogP contribution in [0.2, 0.25) is 0 Å². The van der Waals surface area contributed by atoms with Crippen LogP contribution in [0.3, 0.4) is 0 Å². The predicted octanol–water partition coefficient (Wildman–Crippen LogP) is 3.51. The van der Waals surface area contributed by atoms with E-state index in [0.717, 1.165) is 14.9 Å². The lowest BCUT2D eigenvalue weighted by Crippen LogP contribution is -2.13. The Morgan fingerprint density at radius 1 is 1.26 bits per heavy atom. The first-order valence-corrected chi connectivity index (χ1v) is 8.54. The molecule has 0 aliphatic rings. The van der Waals surface area contributed by atoms with Crippen molar-refractivity contribution in [2.75, 3.05) is 10.5 Å². The van der Waals surface area contributed by atoms with Crippen molar-refractivity contribution in [3.05, 3.63) is 39.2 Å². The molecule has 0 unspecified atom stereocenters. The van der Waals surface area contributed by atoms with Crippen molar-refractivity contribution in [1.82, 2.24) is 0 Å². The number of hydrogen-bond acceptors (Lipinski definition) is 4. The van der Waals surface area contributed by atoms with Gasteiger partial charge in [-0.25, -0.2) is 8.42 Å². The molecule has 0 amide bonds. The van der Waals surface area contributed by atoms with Gasteiger partial charge in [-0.2, -0.15) is 0 Å². The van der Waals surface area contributed by atoms with Gasteiger partial charge in [-0.15, -0.1) is 11.3 Å². The van der Waals surface area contributed by atoms with Crippen LogP contribution in [0.15, 0.2) is 32.3 Å². The Morgan fingerprint density at radius 2 is 1.95 bits per heavy atom. The van der Waals surface area contributed by atoms with Crippen molar-refractivity contribution >= 4 is 48.7 Å². The number of nitrogens with one attached hydrogen (secondary N) is 1. The predicted molar refractivity (Wildman–Crippen MR) is 83.2 cm³/mol. The van der Waals surface area contributed by atoms with E-state index in [9.17, 15) is 8.42 Å². The van der Waals surface area contributed by atoms with Gasteiger partial charge in [0.15, 0.2) is 0 Å². The molecule has 4 nitrogen and oxygen atoms in total. The lowest BCUT2D eigenvalue weighted by molar-refractivity contribution is 0.603. The summed E-state index contributed by atoms with van der Waals surface area (Å²) in [5.41, 5.74) is 8.42. The van der Waals surface area contributed by atoms with E-state index in [4.69, 9.17) is 5.73 Å². The lowest BCUT2D eigenvalue weighted by Gasteiger charge is -2.09. The van der Waals surface area contributed by atoms with Crippen molar-refractivity contribution in [2.24, 2.45) is 0 Å². The topological polar surface area (TPSA) is 72.2 Å². The fourth-order valence-corrected chi connectivity index (χ4v) is 4.82. The van der Waals surface area contributed by atoms with Crippen LogP contribution >= 0.6 is 27.3 Å². The molecule has 1 heterocycles. The number of hydrogen-bond donors (Lipinski definition) is 2. The van der Waals surface area contributed by atoms with Gasteiger partial charge in [0, 0.05) is 0 Å². The van der Waals surface area contributed by atoms with Gasteiger partial charge in [-0.05, 0) is 59.1 Å². The summed E-state index contributed by atoms with van der Waals surface area (Å²) in [6.07, 6.45) is 0. The standard InChI is InChI=1S/C12H13BrN2O2S2/c1-7-3-4-9(14)10(5-7)15-19(16,17)11-6-8(2)12(13)18-11/h3-6,15H,14H2,1-2H3. The number of anilines is 2. The molecule has 2 aromatic rings. The molecule has 3 N–H and O–H groups in total. The number of halogens is 1. The molecule has 7 heteroatoms. The monoisotopic (exact) mass is 360 g/mol. The molecule has 2 rings (SSSR count). The van der Waals surface area contributed by atoms with Gasteiger partial charge in [0.2, 0.25) is 0 Å². The zero-order chi connectivity index (χ0) is 14.2. The van der Waals surface area contributed by atoms with Crippen molar-refractivity contribution in [3.8, 4) is 0 Å². The van der Waals surface area contributed by atoms with Gasteiger partial charge < -0.3 is 5.73 Å². The minimum atomic E-state index is -3.60. The number of sulfonamides is 1. The Kier molecular flexibility index (Phi) is 3.89. The Bertz CT molecular complexity index is 704. The first kappa shape index (κ1) is 14.4. The molecule has 102 valence electrons. The molecular weight excluding hydrogens is 348 g/mol. The first-order chi connectivity index (χ1) is 8.79. The van der Waals surface area contributed by atoms with E-state index in [2.05, 4.69) is 20.7 Å². The van der Waals surface area contributed by atoms with Crippen LogP contribution in [0.5, 0.6) is 0 Å². The zero-order valence-corrected chi connectivity index (χ0v) is 13.6. The highest BCUT2D eigenvalue weighted by atomic mass is 79.9. The molecule has 19 heavy (non-hydrogen) atoms. The Morgan fingerprint density at radius 3 is 2.53 bits per heavy atom. The second-order valence-electron chi connectivity index (χ2n) is 4.22. The molecule has 0 spiro atoms. The maximum Gasteiger partial charge on any atom is 0.271 e. The average Bonchev–Trinajstić information content (AvgIpc) is 2.65. The van der Waals surface area contributed by atoms with Gasteiger partial charge in [-0.3, -0.25) is 4.72 Å². The molecule has 0 bridgehead atoms. The van der Waals surface area contributed by atoms with Crippen molar-refractivity contribution in [2.45, 2.75) is 18.1 Å². The van der Waals surface area contributed by atoms with Gasteiger partial charge in [0.05, 0.1) is 15.2 Å². The summed E-state index contributed by atoms with van der Waals surface area (Å²) in [7, 11) is -3.60. The summed E-state index contributed by atoms with van der Waals surface area (Å²) in [6.45, 7) is 3.73. The normalized spacial score (nSPS) is 11.5. The number of nitrogens with two attached hydrogens (primary N) is 1. The van der Waals surface area contributed by atoms with E-state index in [1.165, 1.54) is 11.3 Å². The summed E-state index contributed by atoms with van der Waals surface area (Å²) in [6, 6.07) is 6.85. The van der Waals surface area contributed by atoms with Crippen molar-refractivity contribution in [3.63, 3.8) is 0 Å². The van der Waals surface area contributed by atoms with Gasteiger partial charge in [-0.1, -0.05) is 6.07 Å². The third-order valence-corrected chi connectivity index (χ3v) is 6.53. The molecule has 0 fully saturated rings. The molecule has 0 atom stereocenters. The SMILES string of the molecule is Cc1ccc(N)c(NS(=O)(=O)c2cc(C)c(Br)s2)c1. The van der Waals surface area contributed by atoms with Crippen LogP contribution in [-0.4, -0.2) is 8.42 Å². The molecule has 0 aliphatic carbocycles. The highest BCUT2D eigenvalue weighted by molar-refractivity contribution is 9.11. The maximum atomic E-state index is 12.3. The van der Waals surface area contributed by atoms with E-state index in [0.29, 0.717) is 11.4 Å². The minimum absolute atomic E-state index is 0.262. The van der Waals surface area contributed by atoms with Crippen LogP contribution < -0.4 is 10.5 Å². The fourth-order valence-electron chi connectivity index (χ4n) is 1.52. The van der Waals surface area contributed by atoms with Crippen LogP contribution in [-0.2, 0) is 10.0 Å². The summed E-state index contributed by atoms with van der Waals surface area (Å²) >= 11 is 4.50. The zero-order valence-electron chi connectivity index (χ0n) is 10.4. The van der Waals surface area contributed by atoms with Crippen molar-refractivity contribution < 1.29 is 8.42 Å². The molecular formula is C12H13BrN2O2S2. The third kappa shape index (κ3) is 3.10. The van der Waals surface area contributed by atoms with Crippen LogP contribution in [0.1, 0.15) is 11.1 Å². The second-order valence-corrected chi connectivity index (χ2v) is 8.50. The molecule has 1 aromatic carbocycles. The number of nitrogen functional groups attached to an aromatic ring is 1. The summed E-state index contributed by atoms with van der Waals surface area (Å²) in [5.74, 6) is 0. The fraction of sp³-hybridized carbons (Fsp3) is 0.167. The summed E-state index contributed by atoms with van der Waals surface area (Å²) in [5, 5.41) is 0. The van der Waals surface area contributed by atoms with E-state index < -0.39 is 10.0 Å². The number of aryl methyl sites for hydroxylation is 2. The minimum Gasteiger partial charge on any atom is -0.397 e. The van der Waals surface area contributed by atoms with E-state index in [1.54, 1.807) is 18.2 Å². The Labute approximate surface area is 124 Å². The van der Waals surface area contributed by atoms with Crippen LogP contribution in [0, 0.1) is 13.8 Å². The molecule has 0 saturated heterocycles. The number of thiophene rings is 1. The molecule has 0 radical (unpaired) electrons. The second kappa shape index (κ2) is 5.15. The average molecular weight is 361 g/mol. The first-order valence-electron chi connectivity index (χ1n) is 5.44. The van der Waals surface area contributed by atoms with E-state index >= 15 is 0 Å². The Balaban J connectivity index is 2.39. The largest absolute Gasteiger partial charge is 0.397 e. The number of benzene rings is 1. The van der Waals surface area contributed by atoms with Gasteiger partial charge in [0.1, 0.15) is 4.21 Å². The quantitative estimate of drug-likeness (QED) is 0.822. The van der Waals surface area contributed by atoms with Gasteiger partial charge in [0.25, 0.3) is 10.0 Å². The molecule has 0 saturated carbocycles. The molecule has 0 aliphatic heterocycles. The highest BCUT2D eigenvalue weighted by Gasteiger charge is 2.19. The number of rotatable bonds is 3. The lowest BCUT2D eigenvalue weighted by atomic mass is 10.2. The van der Waals surface area contributed by atoms with Crippen LogP contribution in [0.4, 0.5) is 11.4 Å². The smallest absolute Gasteiger partial charge is 0.271 e.